The van der Waals surface area contributed by atoms with E-state index in [1.54, 1.807) is 62.6 Å². The van der Waals surface area contributed by atoms with Gasteiger partial charge in [-0.25, -0.2) is 10.2 Å². The molecule has 0 atom stereocenters. The first-order chi connectivity index (χ1) is 14.5. The smallest absolute Gasteiger partial charge is 0.344 e. The number of methoxy groups -OCH3 is 1. The van der Waals surface area contributed by atoms with Gasteiger partial charge in [0.05, 0.1) is 19.9 Å². The summed E-state index contributed by atoms with van der Waals surface area (Å²) in [7, 11) is 1.55. The van der Waals surface area contributed by atoms with Gasteiger partial charge in [-0.15, -0.1) is 0 Å². The Labute approximate surface area is 174 Å². The minimum absolute atomic E-state index is 0.171. The first-order valence-electron chi connectivity index (χ1n) is 9.14. The molecular weight excluding hydrogens is 390 g/mol. The minimum Gasteiger partial charge on any atom is -0.497 e. The lowest BCUT2D eigenvalue weighted by atomic mass is 10.2. The number of carbonyl (C=O) groups is 3. The third-order valence-electron chi connectivity index (χ3n) is 3.64. The minimum atomic E-state index is -0.549. The first kappa shape index (κ1) is 22.4. The molecule has 0 bridgehead atoms. The first-order valence-corrected chi connectivity index (χ1v) is 9.14. The lowest BCUT2D eigenvalue weighted by Gasteiger charge is -2.06. The molecule has 0 spiro atoms. The lowest BCUT2D eigenvalue weighted by molar-refractivity contribution is -0.145. The zero-order valence-corrected chi connectivity index (χ0v) is 16.7. The van der Waals surface area contributed by atoms with Gasteiger partial charge in [0.15, 0.2) is 6.61 Å². The predicted octanol–water partition coefficient (Wildman–Crippen LogP) is 2.12. The van der Waals surface area contributed by atoms with Gasteiger partial charge in [-0.2, -0.15) is 5.10 Å². The zero-order valence-electron chi connectivity index (χ0n) is 16.7. The number of nitrogens with zero attached hydrogens (tertiary/aromatic N) is 1. The lowest BCUT2D eigenvalue weighted by Crippen LogP contribution is -2.24. The largest absolute Gasteiger partial charge is 0.497 e. The van der Waals surface area contributed by atoms with Gasteiger partial charge >= 0.3 is 5.97 Å². The standard InChI is InChI=1S/C21H23N3O6/c1-3-29-21(27)14-30-18-8-4-15(5-9-18)13-22-24-20(26)12-19(25)23-16-6-10-17(28-2)11-7-16/h4-11,13H,3,12,14H2,1-2H3,(H,23,25)(H,24,26). The highest BCUT2D eigenvalue weighted by Gasteiger charge is 2.09. The van der Waals surface area contributed by atoms with Crippen LogP contribution in [0, 0.1) is 0 Å². The molecule has 0 saturated carbocycles. The molecule has 0 saturated heterocycles. The molecule has 2 N–H and O–H groups in total. The number of amides is 2. The van der Waals surface area contributed by atoms with Crippen LogP contribution in [0.4, 0.5) is 5.69 Å². The number of benzene rings is 2. The number of esters is 1. The predicted molar refractivity (Wildman–Crippen MR) is 111 cm³/mol. The Kier molecular flexibility index (Phi) is 8.85. The van der Waals surface area contributed by atoms with Crippen LogP contribution in [0.3, 0.4) is 0 Å². The van der Waals surface area contributed by atoms with Crippen LogP contribution in [0.25, 0.3) is 0 Å². The number of carbonyl (C=O) groups excluding carboxylic acids is 3. The molecule has 9 heteroatoms. The van der Waals surface area contributed by atoms with Crippen LogP contribution in [0.15, 0.2) is 53.6 Å². The van der Waals surface area contributed by atoms with Crippen LogP contribution in [0.5, 0.6) is 11.5 Å². The fourth-order valence-corrected chi connectivity index (χ4v) is 2.24. The van der Waals surface area contributed by atoms with Crippen LogP contribution in [-0.4, -0.2) is 44.3 Å². The molecule has 0 aliphatic heterocycles. The van der Waals surface area contributed by atoms with Crippen molar-refractivity contribution in [2.24, 2.45) is 5.10 Å². The van der Waals surface area contributed by atoms with Gasteiger partial charge in [0.2, 0.25) is 11.8 Å². The summed E-state index contributed by atoms with van der Waals surface area (Å²) in [5.74, 6) is -0.289. The maximum Gasteiger partial charge on any atom is 0.344 e. The molecule has 0 aliphatic carbocycles. The molecule has 0 aliphatic rings. The molecule has 9 nitrogen and oxygen atoms in total. The van der Waals surface area contributed by atoms with Gasteiger partial charge in [0, 0.05) is 5.69 Å². The molecule has 0 radical (unpaired) electrons. The van der Waals surface area contributed by atoms with E-state index < -0.39 is 17.8 Å². The highest BCUT2D eigenvalue weighted by atomic mass is 16.6. The van der Waals surface area contributed by atoms with Crippen LogP contribution in [0.1, 0.15) is 18.9 Å². The molecule has 0 heterocycles. The fourth-order valence-electron chi connectivity index (χ4n) is 2.24. The summed E-state index contributed by atoms with van der Waals surface area (Å²) in [4.78, 5) is 35.0. The summed E-state index contributed by atoms with van der Waals surface area (Å²) in [6.07, 6.45) is 1.05. The fraction of sp³-hybridized carbons (Fsp3) is 0.238. The third-order valence-corrected chi connectivity index (χ3v) is 3.64. The Hall–Kier alpha value is -3.88. The molecule has 158 valence electrons. The second kappa shape index (κ2) is 11.8. The molecular formula is C21H23N3O6. The summed E-state index contributed by atoms with van der Waals surface area (Å²) in [5.41, 5.74) is 3.55. The Balaban J connectivity index is 1.74. The van der Waals surface area contributed by atoms with Crippen molar-refractivity contribution < 1.29 is 28.6 Å². The van der Waals surface area contributed by atoms with Crippen molar-refractivity contribution in [1.82, 2.24) is 5.43 Å². The van der Waals surface area contributed by atoms with Crippen molar-refractivity contribution in [3.63, 3.8) is 0 Å². The average Bonchev–Trinajstić information content (AvgIpc) is 2.74. The number of hydrazone groups is 1. The van der Waals surface area contributed by atoms with E-state index in [0.29, 0.717) is 29.4 Å². The number of hydrogen-bond acceptors (Lipinski definition) is 7. The van der Waals surface area contributed by atoms with Crippen molar-refractivity contribution in [3.05, 3.63) is 54.1 Å². The number of rotatable bonds is 10. The molecule has 30 heavy (non-hydrogen) atoms. The van der Waals surface area contributed by atoms with Gasteiger partial charge in [-0.05, 0) is 61.0 Å². The highest BCUT2D eigenvalue weighted by Crippen LogP contribution is 2.15. The Bertz CT molecular complexity index is 879. The van der Waals surface area contributed by atoms with Gasteiger partial charge in [0.1, 0.15) is 17.9 Å². The van der Waals surface area contributed by atoms with Crippen LogP contribution < -0.4 is 20.2 Å². The van der Waals surface area contributed by atoms with Crippen molar-refractivity contribution in [3.8, 4) is 11.5 Å². The molecule has 2 rings (SSSR count). The molecule has 0 unspecified atom stereocenters. The van der Waals surface area contributed by atoms with Crippen molar-refractivity contribution in [2.45, 2.75) is 13.3 Å². The molecule has 2 aromatic carbocycles. The van der Waals surface area contributed by atoms with E-state index in [1.807, 2.05) is 0 Å². The molecule has 2 amide bonds. The third kappa shape index (κ3) is 8.01. The van der Waals surface area contributed by atoms with Crippen molar-refractivity contribution >= 4 is 29.7 Å². The number of nitrogens with one attached hydrogen (secondary N) is 2. The van der Waals surface area contributed by atoms with Gasteiger partial charge in [0.25, 0.3) is 0 Å². The zero-order chi connectivity index (χ0) is 21.8. The summed E-state index contributed by atoms with van der Waals surface area (Å²) in [5, 5.41) is 6.43. The van der Waals surface area contributed by atoms with E-state index in [2.05, 4.69) is 15.8 Å². The van der Waals surface area contributed by atoms with E-state index in [-0.39, 0.29) is 13.0 Å². The van der Waals surface area contributed by atoms with E-state index in [9.17, 15) is 14.4 Å². The summed E-state index contributed by atoms with van der Waals surface area (Å²) in [6, 6.07) is 13.5. The van der Waals surface area contributed by atoms with Gasteiger partial charge < -0.3 is 19.5 Å². The van der Waals surface area contributed by atoms with E-state index in [1.165, 1.54) is 6.21 Å². The maximum absolute atomic E-state index is 11.9. The Morgan fingerprint density at radius 1 is 0.967 bits per heavy atom. The number of ether oxygens (including phenoxy) is 3. The molecule has 0 aromatic heterocycles. The number of hydrogen-bond donors (Lipinski definition) is 2. The van der Waals surface area contributed by atoms with E-state index in [4.69, 9.17) is 14.2 Å². The SMILES string of the molecule is CCOC(=O)COc1ccc(C=NNC(=O)CC(=O)Nc2ccc(OC)cc2)cc1. The second-order valence-electron chi connectivity index (χ2n) is 5.91. The quantitative estimate of drug-likeness (QED) is 0.267. The monoisotopic (exact) mass is 413 g/mol. The molecule has 2 aromatic rings. The summed E-state index contributed by atoms with van der Waals surface area (Å²) >= 11 is 0. The summed E-state index contributed by atoms with van der Waals surface area (Å²) in [6.45, 7) is 1.85. The van der Waals surface area contributed by atoms with Crippen molar-refractivity contribution in [1.29, 1.82) is 0 Å². The van der Waals surface area contributed by atoms with Crippen molar-refractivity contribution in [2.75, 3.05) is 25.6 Å². The Morgan fingerprint density at radius 2 is 1.63 bits per heavy atom. The van der Waals surface area contributed by atoms with Crippen LogP contribution >= 0.6 is 0 Å². The topological polar surface area (TPSA) is 115 Å². The molecule has 0 fully saturated rings. The van der Waals surface area contributed by atoms with E-state index >= 15 is 0 Å². The Morgan fingerprint density at radius 3 is 2.27 bits per heavy atom. The normalized spacial score (nSPS) is 10.3. The summed E-state index contributed by atoms with van der Waals surface area (Å²) < 4.78 is 15.1. The average molecular weight is 413 g/mol. The maximum atomic E-state index is 11.9. The van der Waals surface area contributed by atoms with Gasteiger partial charge in [-0.3, -0.25) is 9.59 Å². The second-order valence-corrected chi connectivity index (χ2v) is 5.91. The van der Waals surface area contributed by atoms with Crippen LogP contribution in [-0.2, 0) is 19.1 Å². The highest BCUT2D eigenvalue weighted by molar-refractivity contribution is 6.03. The van der Waals surface area contributed by atoms with E-state index in [0.717, 1.165) is 0 Å². The number of anilines is 1. The van der Waals surface area contributed by atoms with Crippen LogP contribution in [0.2, 0.25) is 0 Å². The van der Waals surface area contributed by atoms with Gasteiger partial charge in [-0.1, -0.05) is 0 Å².